The number of carbonyl (C=O) groups is 3. The van der Waals surface area contributed by atoms with Crippen molar-refractivity contribution < 1.29 is 19.1 Å². The highest BCUT2D eigenvalue weighted by atomic mass is 35.5. The van der Waals surface area contributed by atoms with Gasteiger partial charge in [0, 0.05) is 34.2 Å². The lowest BCUT2D eigenvalue weighted by Gasteiger charge is -2.19. The molecule has 3 aromatic rings. The van der Waals surface area contributed by atoms with Crippen LogP contribution in [0, 0.1) is 0 Å². The van der Waals surface area contributed by atoms with Gasteiger partial charge in [-0.05, 0) is 51.1 Å². The van der Waals surface area contributed by atoms with Crippen LogP contribution < -0.4 is 10.6 Å². The highest BCUT2D eigenvalue weighted by Crippen LogP contribution is 2.31. The average molecular weight is 443 g/mol. The maximum Gasteiger partial charge on any atom is 0.412 e. The van der Waals surface area contributed by atoms with Crippen LogP contribution in [0.15, 0.2) is 36.5 Å². The van der Waals surface area contributed by atoms with Gasteiger partial charge in [0.25, 0.3) is 0 Å². The number of rotatable bonds is 5. The van der Waals surface area contributed by atoms with Crippen molar-refractivity contribution in [3.8, 4) is 0 Å². The van der Waals surface area contributed by atoms with Crippen LogP contribution in [0.4, 0.5) is 16.2 Å². The van der Waals surface area contributed by atoms with Gasteiger partial charge in [-0.25, -0.2) is 4.79 Å². The van der Waals surface area contributed by atoms with Crippen molar-refractivity contribution in [2.24, 2.45) is 0 Å². The number of aromatic nitrogens is 2. The quantitative estimate of drug-likeness (QED) is 0.473. The molecule has 0 saturated carbocycles. The number of nitrogens with zero attached hydrogens (tertiary/aromatic N) is 1. The predicted molar refractivity (Wildman–Crippen MR) is 120 cm³/mol. The molecule has 1 aromatic carbocycles. The Labute approximate surface area is 184 Å². The number of halogens is 1. The lowest BCUT2D eigenvalue weighted by atomic mass is 10.1. The number of fused-ring (bicyclic) bond motifs is 1. The molecule has 0 unspecified atom stereocenters. The number of hydrogen-bond acceptors (Lipinski definition) is 5. The maximum atomic E-state index is 13.2. The monoisotopic (exact) mass is 442 g/mol. The van der Waals surface area contributed by atoms with E-state index in [2.05, 4.69) is 20.6 Å². The van der Waals surface area contributed by atoms with Gasteiger partial charge in [0.15, 0.2) is 0 Å². The smallest absolute Gasteiger partial charge is 0.412 e. The standard InChI is InChI=1S/C22H23ClN4O4/c1-5-17(28)27-18-14-7-6-12(23)10-15(14)26-19(18)20(29)16-11-13(8-9-24-16)25-21(30)31-22(2,3)4/h6-11,26H,5H2,1-4H3,(H,27,28)(H,24,25,30). The van der Waals surface area contributed by atoms with Gasteiger partial charge in [-0.1, -0.05) is 18.5 Å². The fourth-order valence-electron chi connectivity index (χ4n) is 2.88. The number of H-pyrrole nitrogens is 1. The number of pyridine rings is 1. The number of amides is 2. The van der Waals surface area contributed by atoms with Crippen LogP contribution in [0.3, 0.4) is 0 Å². The van der Waals surface area contributed by atoms with Gasteiger partial charge in [-0.3, -0.25) is 19.9 Å². The molecule has 2 aromatic heterocycles. The number of ketones is 1. The first-order valence-corrected chi connectivity index (χ1v) is 10.1. The minimum atomic E-state index is -0.659. The molecule has 2 amide bonds. The van der Waals surface area contributed by atoms with Gasteiger partial charge >= 0.3 is 6.09 Å². The molecule has 0 fully saturated rings. The minimum absolute atomic E-state index is 0.0817. The third-order valence-electron chi connectivity index (χ3n) is 4.21. The minimum Gasteiger partial charge on any atom is -0.444 e. The highest BCUT2D eigenvalue weighted by Gasteiger charge is 2.23. The second-order valence-electron chi connectivity index (χ2n) is 7.85. The number of hydrogen-bond donors (Lipinski definition) is 3. The summed E-state index contributed by atoms with van der Waals surface area (Å²) in [7, 11) is 0. The van der Waals surface area contributed by atoms with Crippen LogP contribution in [-0.2, 0) is 9.53 Å². The van der Waals surface area contributed by atoms with Crippen molar-refractivity contribution in [1.29, 1.82) is 0 Å². The fourth-order valence-corrected chi connectivity index (χ4v) is 3.05. The molecule has 31 heavy (non-hydrogen) atoms. The van der Waals surface area contributed by atoms with Crippen LogP contribution in [-0.4, -0.2) is 33.4 Å². The van der Waals surface area contributed by atoms with Gasteiger partial charge in [-0.15, -0.1) is 0 Å². The van der Waals surface area contributed by atoms with Crippen molar-refractivity contribution in [2.45, 2.75) is 39.7 Å². The number of anilines is 2. The number of benzene rings is 1. The topological polar surface area (TPSA) is 113 Å². The first-order valence-electron chi connectivity index (χ1n) is 9.69. The second kappa shape index (κ2) is 8.77. The molecule has 0 aliphatic carbocycles. The van der Waals surface area contributed by atoms with Crippen molar-refractivity contribution >= 4 is 51.7 Å². The van der Waals surface area contributed by atoms with E-state index in [1.54, 1.807) is 52.0 Å². The van der Waals surface area contributed by atoms with Crippen LogP contribution in [0.2, 0.25) is 5.02 Å². The van der Waals surface area contributed by atoms with Crippen LogP contribution in [0.25, 0.3) is 10.9 Å². The van der Waals surface area contributed by atoms with Crippen LogP contribution in [0.5, 0.6) is 0 Å². The summed E-state index contributed by atoms with van der Waals surface area (Å²) >= 11 is 6.07. The maximum absolute atomic E-state index is 13.2. The number of aromatic amines is 1. The Hall–Kier alpha value is -3.39. The zero-order chi connectivity index (χ0) is 22.8. The first-order chi connectivity index (χ1) is 14.6. The molecule has 3 rings (SSSR count). The van der Waals surface area contributed by atoms with E-state index in [-0.39, 0.29) is 23.7 Å². The van der Waals surface area contributed by atoms with E-state index in [0.717, 1.165) is 0 Å². The first kappa shape index (κ1) is 22.3. The van der Waals surface area contributed by atoms with Gasteiger partial charge in [0.2, 0.25) is 11.7 Å². The van der Waals surface area contributed by atoms with E-state index >= 15 is 0 Å². The Bertz CT molecular complexity index is 1160. The predicted octanol–water partition coefficient (Wildman–Crippen LogP) is 5.14. The summed E-state index contributed by atoms with van der Waals surface area (Å²) in [6, 6.07) is 8.06. The second-order valence-corrected chi connectivity index (χ2v) is 8.29. The van der Waals surface area contributed by atoms with Crippen molar-refractivity contribution in [3.63, 3.8) is 0 Å². The summed E-state index contributed by atoms with van der Waals surface area (Å²) in [6.07, 6.45) is 1.01. The van der Waals surface area contributed by atoms with Crippen molar-refractivity contribution in [3.05, 3.63) is 52.9 Å². The summed E-state index contributed by atoms with van der Waals surface area (Å²) < 4.78 is 5.23. The normalized spacial score (nSPS) is 11.3. The van der Waals surface area contributed by atoms with Gasteiger partial charge in [0.1, 0.15) is 17.0 Å². The average Bonchev–Trinajstić information content (AvgIpc) is 3.03. The Morgan fingerprint density at radius 1 is 1.13 bits per heavy atom. The van der Waals surface area contributed by atoms with Crippen LogP contribution >= 0.6 is 11.6 Å². The van der Waals surface area contributed by atoms with Crippen molar-refractivity contribution in [1.82, 2.24) is 9.97 Å². The molecule has 0 radical (unpaired) electrons. The molecule has 3 N–H and O–H groups in total. The lowest BCUT2D eigenvalue weighted by Crippen LogP contribution is -2.27. The molecule has 0 aliphatic heterocycles. The van der Waals surface area contributed by atoms with Gasteiger partial charge < -0.3 is 15.0 Å². The SMILES string of the molecule is CCC(=O)Nc1c(C(=O)c2cc(NC(=O)OC(C)(C)C)ccn2)[nH]c2cc(Cl)ccc12. The Morgan fingerprint density at radius 3 is 2.55 bits per heavy atom. The Kier molecular flexibility index (Phi) is 6.31. The zero-order valence-electron chi connectivity index (χ0n) is 17.6. The molecule has 0 spiro atoms. The fraction of sp³-hybridized carbons (Fsp3) is 0.273. The Morgan fingerprint density at radius 2 is 1.87 bits per heavy atom. The van der Waals surface area contributed by atoms with E-state index in [1.807, 2.05) is 0 Å². The Balaban J connectivity index is 1.96. The van der Waals surface area contributed by atoms with E-state index in [9.17, 15) is 14.4 Å². The van der Waals surface area contributed by atoms with E-state index in [0.29, 0.717) is 27.3 Å². The third kappa shape index (κ3) is 5.40. The molecule has 0 aliphatic rings. The van der Waals surface area contributed by atoms with E-state index < -0.39 is 17.5 Å². The number of nitrogens with one attached hydrogen (secondary N) is 3. The molecule has 162 valence electrons. The van der Waals surface area contributed by atoms with Crippen molar-refractivity contribution in [2.75, 3.05) is 10.6 Å². The van der Waals surface area contributed by atoms with Gasteiger partial charge in [0.05, 0.1) is 5.69 Å². The molecule has 9 heteroatoms. The zero-order valence-corrected chi connectivity index (χ0v) is 18.4. The summed E-state index contributed by atoms with van der Waals surface area (Å²) in [5.74, 6) is -0.690. The highest BCUT2D eigenvalue weighted by molar-refractivity contribution is 6.31. The van der Waals surface area contributed by atoms with Crippen LogP contribution in [0.1, 0.15) is 50.3 Å². The largest absolute Gasteiger partial charge is 0.444 e. The molecule has 0 saturated heterocycles. The number of carbonyl (C=O) groups excluding carboxylic acids is 3. The summed E-state index contributed by atoms with van der Waals surface area (Å²) in [4.78, 5) is 44.5. The van der Waals surface area contributed by atoms with E-state index in [1.165, 1.54) is 12.3 Å². The number of ether oxygens (including phenoxy) is 1. The summed E-state index contributed by atoms with van der Waals surface area (Å²) in [5, 5.41) is 6.50. The molecule has 0 bridgehead atoms. The summed E-state index contributed by atoms with van der Waals surface area (Å²) in [6.45, 7) is 6.98. The lowest BCUT2D eigenvalue weighted by molar-refractivity contribution is -0.115. The third-order valence-corrected chi connectivity index (χ3v) is 4.45. The summed E-state index contributed by atoms with van der Waals surface area (Å²) in [5.41, 5.74) is 0.902. The molecule has 8 nitrogen and oxygen atoms in total. The molecule has 0 atom stereocenters. The molecular formula is C22H23ClN4O4. The van der Waals surface area contributed by atoms with E-state index in [4.69, 9.17) is 16.3 Å². The molecular weight excluding hydrogens is 420 g/mol. The van der Waals surface area contributed by atoms with Gasteiger partial charge in [-0.2, -0.15) is 0 Å². The molecule has 2 heterocycles.